The highest BCUT2D eigenvalue weighted by Gasteiger charge is 2.28. The van der Waals surface area contributed by atoms with Crippen LogP contribution in [-0.4, -0.2) is 12.6 Å². The van der Waals surface area contributed by atoms with Crippen LogP contribution in [0.1, 0.15) is 25.0 Å². The molecule has 0 radical (unpaired) electrons. The number of fused-ring (bicyclic) bond motifs is 1. The second kappa shape index (κ2) is 6.08. The molecule has 3 rings (SSSR count). The average molecular weight is 301 g/mol. The van der Waals surface area contributed by atoms with E-state index in [0.717, 1.165) is 24.5 Å². The predicted molar refractivity (Wildman–Crippen MR) is 90.6 cm³/mol. The van der Waals surface area contributed by atoms with Crippen molar-refractivity contribution in [1.29, 1.82) is 0 Å². The fourth-order valence-corrected chi connectivity index (χ4v) is 3.37. The van der Waals surface area contributed by atoms with Gasteiger partial charge in [0.25, 0.3) is 0 Å². The third-order valence-electron chi connectivity index (χ3n) is 4.11. The Morgan fingerprint density at radius 1 is 1.14 bits per heavy atom. The Kier molecular flexibility index (Phi) is 4.18. The van der Waals surface area contributed by atoms with Crippen LogP contribution in [0.4, 0.5) is 11.4 Å². The van der Waals surface area contributed by atoms with Gasteiger partial charge in [-0.3, -0.25) is 0 Å². The molecule has 0 spiro atoms. The Morgan fingerprint density at radius 3 is 2.71 bits per heavy atom. The van der Waals surface area contributed by atoms with Gasteiger partial charge in [-0.15, -0.1) is 0 Å². The lowest BCUT2D eigenvalue weighted by Crippen LogP contribution is -2.26. The summed E-state index contributed by atoms with van der Waals surface area (Å²) in [5.74, 6) is 0. The number of benzene rings is 2. The molecular weight excluding hydrogens is 280 g/mol. The third kappa shape index (κ3) is 2.66. The van der Waals surface area contributed by atoms with Crippen molar-refractivity contribution in [3.8, 4) is 0 Å². The van der Waals surface area contributed by atoms with E-state index in [0.29, 0.717) is 6.04 Å². The van der Waals surface area contributed by atoms with Gasteiger partial charge in [0.1, 0.15) is 0 Å². The largest absolute Gasteiger partial charge is 0.338 e. The molecule has 2 aromatic rings. The van der Waals surface area contributed by atoms with Crippen molar-refractivity contribution < 1.29 is 0 Å². The van der Waals surface area contributed by atoms with Crippen LogP contribution < -0.4 is 10.2 Å². The van der Waals surface area contributed by atoms with Crippen molar-refractivity contribution in [2.45, 2.75) is 32.9 Å². The number of anilines is 2. The first-order valence-corrected chi connectivity index (χ1v) is 7.95. The van der Waals surface area contributed by atoms with Crippen LogP contribution in [0.25, 0.3) is 0 Å². The first kappa shape index (κ1) is 14.4. The van der Waals surface area contributed by atoms with Crippen LogP contribution in [-0.2, 0) is 13.0 Å². The summed E-state index contributed by atoms with van der Waals surface area (Å²) >= 11 is 6.45. The molecule has 0 bridgehead atoms. The van der Waals surface area contributed by atoms with Gasteiger partial charge < -0.3 is 10.2 Å². The van der Waals surface area contributed by atoms with Crippen LogP contribution in [0.15, 0.2) is 42.5 Å². The summed E-state index contributed by atoms with van der Waals surface area (Å²) in [6.45, 7) is 6.13. The van der Waals surface area contributed by atoms with Crippen molar-refractivity contribution in [2.75, 3.05) is 11.4 Å². The van der Waals surface area contributed by atoms with E-state index in [4.69, 9.17) is 11.6 Å². The molecule has 1 unspecified atom stereocenters. The first-order chi connectivity index (χ1) is 10.2. The van der Waals surface area contributed by atoms with Gasteiger partial charge in [-0.25, -0.2) is 0 Å². The maximum Gasteiger partial charge on any atom is 0.0474 e. The molecule has 0 saturated heterocycles. The normalized spacial score (nSPS) is 17.1. The maximum atomic E-state index is 6.45. The van der Waals surface area contributed by atoms with Crippen molar-refractivity contribution >= 4 is 23.0 Å². The number of rotatable bonds is 4. The van der Waals surface area contributed by atoms with E-state index >= 15 is 0 Å². The molecule has 1 heterocycles. The Labute approximate surface area is 131 Å². The number of para-hydroxylation sites is 1. The fourth-order valence-electron chi connectivity index (χ4n) is 3.13. The van der Waals surface area contributed by atoms with E-state index in [-0.39, 0.29) is 0 Å². The molecule has 0 fully saturated rings. The van der Waals surface area contributed by atoms with E-state index in [2.05, 4.69) is 54.4 Å². The van der Waals surface area contributed by atoms with Gasteiger partial charge in [-0.1, -0.05) is 42.8 Å². The molecule has 1 atom stereocenters. The second-order valence-electron chi connectivity index (χ2n) is 5.57. The lowest BCUT2D eigenvalue weighted by molar-refractivity contribution is 0.714. The van der Waals surface area contributed by atoms with Crippen molar-refractivity contribution in [2.24, 2.45) is 0 Å². The fraction of sp³-hybridized carbons (Fsp3) is 0.333. The standard InChI is InChI=1S/C18H21ClN2/c1-3-20-12-15-16(19)8-6-10-18(15)21-13(2)11-14-7-4-5-9-17(14)21/h4-10,13,20H,3,11-12H2,1-2H3. The van der Waals surface area contributed by atoms with E-state index in [1.165, 1.54) is 22.5 Å². The molecule has 2 aromatic carbocycles. The van der Waals surface area contributed by atoms with E-state index in [1.54, 1.807) is 0 Å². The quantitative estimate of drug-likeness (QED) is 0.892. The number of halogens is 1. The lowest BCUT2D eigenvalue weighted by Gasteiger charge is -2.28. The minimum absolute atomic E-state index is 0.459. The zero-order chi connectivity index (χ0) is 14.8. The molecule has 0 aliphatic carbocycles. The molecular formula is C18H21ClN2. The average Bonchev–Trinajstić information content (AvgIpc) is 2.81. The Bertz CT molecular complexity index is 639. The van der Waals surface area contributed by atoms with Crippen molar-refractivity contribution in [3.63, 3.8) is 0 Å². The number of hydrogen-bond acceptors (Lipinski definition) is 2. The van der Waals surface area contributed by atoms with Gasteiger partial charge in [0, 0.05) is 34.5 Å². The summed E-state index contributed by atoms with van der Waals surface area (Å²) < 4.78 is 0. The predicted octanol–water partition coefficient (Wildman–Crippen LogP) is 4.53. The molecule has 21 heavy (non-hydrogen) atoms. The molecule has 1 aliphatic heterocycles. The number of nitrogens with one attached hydrogen (secondary N) is 1. The summed E-state index contributed by atoms with van der Waals surface area (Å²) in [4.78, 5) is 2.42. The lowest BCUT2D eigenvalue weighted by atomic mass is 10.1. The summed E-state index contributed by atoms with van der Waals surface area (Å²) in [7, 11) is 0. The molecule has 3 heteroatoms. The maximum absolute atomic E-state index is 6.45. The molecule has 1 aliphatic rings. The Morgan fingerprint density at radius 2 is 1.90 bits per heavy atom. The molecule has 0 aromatic heterocycles. The van der Waals surface area contributed by atoms with Gasteiger partial charge in [-0.2, -0.15) is 0 Å². The van der Waals surface area contributed by atoms with Gasteiger partial charge in [0.15, 0.2) is 0 Å². The number of hydrogen-bond donors (Lipinski definition) is 1. The highest BCUT2D eigenvalue weighted by atomic mass is 35.5. The highest BCUT2D eigenvalue weighted by molar-refractivity contribution is 6.31. The van der Waals surface area contributed by atoms with Gasteiger partial charge in [0.2, 0.25) is 0 Å². The SMILES string of the molecule is CCNCc1c(Cl)cccc1N1c2ccccc2CC1C. The van der Waals surface area contributed by atoms with E-state index in [9.17, 15) is 0 Å². The second-order valence-corrected chi connectivity index (χ2v) is 5.98. The minimum atomic E-state index is 0.459. The van der Waals surface area contributed by atoms with E-state index < -0.39 is 0 Å². The van der Waals surface area contributed by atoms with Crippen molar-refractivity contribution in [3.05, 3.63) is 58.6 Å². The van der Waals surface area contributed by atoms with Crippen LogP contribution in [0.2, 0.25) is 5.02 Å². The van der Waals surface area contributed by atoms with Gasteiger partial charge >= 0.3 is 0 Å². The van der Waals surface area contributed by atoms with E-state index in [1.807, 2.05) is 12.1 Å². The summed E-state index contributed by atoms with van der Waals surface area (Å²) in [6.07, 6.45) is 1.09. The minimum Gasteiger partial charge on any atom is -0.338 e. The summed E-state index contributed by atoms with van der Waals surface area (Å²) in [6, 6.07) is 15.3. The molecule has 2 nitrogen and oxygen atoms in total. The zero-order valence-corrected chi connectivity index (χ0v) is 13.3. The molecule has 0 saturated carbocycles. The highest BCUT2D eigenvalue weighted by Crippen LogP contribution is 2.41. The Balaban J connectivity index is 2.06. The van der Waals surface area contributed by atoms with Crippen LogP contribution in [0, 0.1) is 0 Å². The van der Waals surface area contributed by atoms with Crippen LogP contribution >= 0.6 is 11.6 Å². The van der Waals surface area contributed by atoms with Gasteiger partial charge in [0.05, 0.1) is 0 Å². The summed E-state index contributed by atoms with van der Waals surface area (Å²) in [5.41, 5.74) is 5.13. The molecule has 110 valence electrons. The smallest absolute Gasteiger partial charge is 0.0474 e. The van der Waals surface area contributed by atoms with Gasteiger partial charge in [-0.05, 0) is 43.7 Å². The molecule has 1 N–H and O–H groups in total. The van der Waals surface area contributed by atoms with Crippen LogP contribution in [0.3, 0.4) is 0 Å². The third-order valence-corrected chi connectivity index (χ3v) is 4.47. The van der Waals surface area contributed by atoms with Crippen molar-refractivity contribution in [1.82, 2.24) is 5.32 Å². The summed E-state index contributed by atoms with van der Waals surface area (Å²) in [5, 5.41) is 4.23. The Hall–Kier alpha value is -1.51. The molecule has 0 amide bonds. The van der Waals surface area contributed by atoms with Crippen LogP contribution in [0.5, 0.6) is 0 Å². The monoisotopic (exact) mass is 300 g/mol. The number of nitrogens with zero attached hydrogens (tertiary/aromatic N) is 1. The zero-order valence-electron chi connectivity index (χ0n) is 12.6. The first-order valence-electron chi connectivity index (χ1n) is 7.57. The topological polar surface area (TPSA) is 15.3 Å².